The van der Waals surface area contributed by atoms with Gasteiger partial charge in [-0.15, -0.1) is 16.8 Å². The van der Waals surface area contributed by atoms with Crippen LogP contribution in [0.1, 0.15) is 25.7 Å². The predicted octanol–water partition coefficient (Wildman–Crippen LogP) is 0.913. The van der Waals surface area contributed by atoms with Gasteiger partial charge < -0.3 is 20.6 Å². The monoisotopic (exact) mass is 547 g/mol. The van der Waals surface area contributed by atoms with Gasteiger partial charge in [0, 0.05) is 0 Å². The molecule has 2 unspecified atom stereocenters. The minimum Gasteiger partial charge on any atom is -0.676 e. The van der Waals surface area contributed by atoms with Crippen LogP contribution in [0.3, 0.4) is 0 Å². The SMILES string of the molecule is O=S(=O)([OH2+])c1ccccc1S(=O)(=O)[OH2+].[NH-]C1CCCCC1[NH-].[Pt+4]. The smallest absolute Gasteiger partial charge is 0.676 e. The summed E-state index contributed by atoms with van der Waals surface area (Å²) in [5.41, 5.74) is 14.6. The van der Waals surface area contributed by atoms with Crippen molar-refractivity contribution in [2.45, 2.75) is 47.6 Å². The number of rotatable bonds is 2. The van der Waals surface area contributed by atoms with E-state index in [1.165, 1.54) is 25.0 Å². The molecule has 6 N–H and O–H groups in total. The van der Waals surface area contributed by atoms with Crippen molar-refractivity contribution in [1.82, 2.24) is 0 Å². The van der Waals surface area contributed by atoms with Gasteiger partial charge in [-0.1, -0.05) is 37.8 Å². The molecule has 1 saturated carbocycles. The maximum atomic E-state index is 10.8. The summed E-state index contributed by atoms with van der Waals surface area (Å²) < 4.78 is 56.7. The molecule has 2 rings (SSSR count). The second kappa shape index (κ2) is 9.21. The van der Waals surface area contributed by atoms with Crippen molar-refractivity contribution in [3.05, 3.63) is 35.7 Å². The van der Waals surface area contributed by atoms with E-state index in [2.05, 4.69) is 0 Å². The maximum absolute atomic E-state index is 10.8. The molecule has 2 atom stereocenters. The van der Waals surface area contributed by atoms with Crippen LogP contribution in [0.25, 0.3) is 11.5 Å². The summed E-state index contributed by atoms with van der Waals surface area (Å²) in [5, 5.41) is 0. The van der Waals surface area contributed by atoms with E-state index in [9.17, 15) is 16.8 Å². The number of hydrogen-bond donors (Lipinski definition) is 0. The standard InChI is InChI=1S/C6H12N2.C6H6O6S2.Pt/c7-5-3-1-2-4-6(5)8;7-13(8,9)5-3-1-2-4-6(5)14(10,11)12;/h5-8H,1-4H2;1-4H,(H,7,8,9)(H,10,11,12);/q-2;;+4/p+2. The van der Waals surface area contributed by atoms with Gasteiger partial charge >= 0.3 is 41.3 Å². The number of hydrogen-bond acceptors (Lipinski definition) is 4. The molecular weight excluding hydrogens is 527 g/mol. The Morgan fingerprint density at radius 3 is 1.35 bits per heavy atom. The van der Waals surface area contributed by atoms with Crippen LogP contribution in [-0.2, 0) is 41.3 Å². The molecule has 1 aliphatic carbocycles. The van der Waals surface area contributed by atoms with Crippen LogP contribution >= 0.6 is 0 Å². The molecule has 11 heteroatoms. The van der Waals surface area contributed by atoms with E-state index < -0.39 is 30.0 Å². The summed E-state index contributed by atoms with van der Waals surface area (Å²) in [6.07, 6.45) is 4.25. The van der Waals surface area contributed by atoms with Gasteiger partial charge in [-0.25, -0.2) is 0 Å². The second-order valence-electron chi connectivity index (χ2n) is 4.95. The summed E-state index contributed by atoms with van der Waals surface area (Å²) in [7, 11) is -8.73. The summed E-state index contributed by atoms with van der Waals surface area (Å²) in [6, 6.07) is 4.37. The molecule has 0 spiro atoms. The molecule has 0 aromatic heterocycles. The molecule has 0 heterocycles. The van der Waals surface area contributed by atoms with Gasteiger partial charge in [0.05, 0.1) is 0 Å². The Bertz CT molecular complexity index is 647. The van der Waals surface area contributed by atoms with Gasteiger partial charge in [0.2, 0.25) is 0 Å². The summed E-state index contributed by atoms with van der Waals surface area (Å²) in [6.45, 7) is 0. The van der Waals surface area contributed by atoms with Crippen molar-refractivity contribution in [1.29, 1.82) is 0 Å². The number of benzene rings is 1. The summed E-state index contributed by atoms with van der Waals surface area (Å²) >= 11 is 0. The van der Waals surface area contributed by atoms with E-state index in [1.54, 1.807) is 0 Å². The Labute approximate surface area is 150 Å². The molecule has 23 heavy (non-hydrogen) atoms. The summed E-state index contributed by atoms with van der Waals surface area (Å²) in [5.74, 6) is 0. The van der Waals surface area contributed by atoms with Crippen LogP contribution in [-0.4, -0.2) is 38.0 Å². The minimum atomic E-state index is -4.37. The van der Waals surface area contributed by atoms with Crippen LogP contribution in [0.2, 0.25) is 0 Å². The molecule has 0 aliphatic heterocycles. The van der Waals surface area contributed by atoms with Crippen molar-refractivity contribution in [3.63, 3.8) is 0 Å². The fourth-order valence-corrected chi connectivity index (χ4v) is 3.86. The van der Waals surface area contributed by atoms with Gasteiger partial charge in [0.25, 0.3) is 0 Å². The zero-order chi connectivity index (χ0) is 17.0. The minimum absolute atomic E-state index is 0. The van der Waals surface area contributed by atoms with Gasteiger partial charge in [-0.05, 0) is 12.1 Å². The predicted molar refractivity (Wildman–Crippen MR) is 82.7 cm³/mol. The van der Waals surface area contributed by atoms with Crippen LogP contribution < -0.4 is 0 Å². The van der Waals surface area contributed by atoms with Crippen molar-refractivity contribution in [3.8, 4) is 0 Å². The number of nitrogens with one attached hydrogen (secondary N) is 2. The van der Waals surface area contributed by atoms with Crippen molar-refractivity contribution in [2.24, 2.45) is 0 Å². The molecule has 1 aromatic carbocycles. The van der Waals surface area contributed by atoms with Crippen molar-refractivity contribution >= 4 is 20.2 Å². The fraction of sp³-hybridized carbons (Fsp3) is 0.500. The molecule has 0 radical (unpaired) electrons. The van der Waals surface area contributed by atoms with E-state index in [4.69, 9.17) is 20.6 Å². The molecule has 0 bridgehead atoms. The van der Waals surface area contributed by atoms with Crippen molar-refractivity contribution < 1.29 is 47.0 Å². The Hall–Kier alpha value is -0.352. The van der Waals surface area contributed by atoms with E-state index in [0.717, 1.165) is 25.0 Å². The normalized spacial score (nSPS) is 21.6. The largest absolute Gasteiger partial charge is 4.00 e. The molecule has 0 saturated heterocycles. The first kappa shape index (κ1) is 22.6. The molecule has 1 fully saturated rings. The zero-order valence-electron chi connectivity index (χ0n) is 12.1. The second-order valence-corrected chi connectivity index (χ2v) is 7.84. The van der Waals surface area contributed by atoms with Crippen LogP contribution in [0.4, 0.5) is 0 Å². The van der Waals surface area contributed by atoms with Gasteiger partial charge in [0.15, 0.2) is 9.79 Å². The summed E-state index contributed by atoms with van der Waals surface area (Å²) in [4.78, 5) is -1.34. The molecule has 8 nitrogen and oxygen atoms in total. The maximum Gasteiger partial charge on any atom is 4.00 e. The van der Waals surface area contributed by atoms with E-state index in [1.807, 2.05) is 0 Å². The van der Waals surface area contributed by atoms with Gasteiger partial charge in [-0.2, -0.15) is 12.1 Å². The third-order valence-corrected chi connectivity index (χ3v) is 5.19. The first-order chi connectivity index (χ1) is 10.0. The van der Waals surface area contributed by atoms with Gasteiger partial charge in [-0.3, -0.25) is 0 Å². The van der Waals surface area contributed by atoms with E-state index >= 15 is 0 Å². The van der Waals surface area contributed by atoms with Crippen LogP contribution in [0.5, 0.6) is 0 Å². The Kier molecular flexibility index (Phi) is 9.07. The van der Waals surface area contributed by atoms with Crippen LogP contribution in [0.15, 0.2) is 34.1 Å². The van der Waals surface area contributed by atoms with Gasteiger partial charge in [0.1, 0.15) is 0 Å². The quantitative estimate of drug-likeness (QED) is 0.504. The van der Waals surface area contributed by atoms with E-state index in [-0.39, 0.29) is 33.1 Å². The Balaban J connectivity index is 0.000000460. The van der Waals surface area contributed by atoms with Crippen LogP contribution in [0, 0.1) is 0 Å². The fourth-order valence-electron chi connectivity index (χ4n) is 2.03. The van der Waals surface area contributed by atoms with Crippen molar-refractivity contribution in [2.75, 3.05) is 0 Å². The first-order valence-corrected chi connectivity index (χ1v) is 9.50. The first-order valence-electron chi connectivity index (χ1n) is 6.54. The average molecular weight is 548 g/mol. The molecular formula is C12H20N2O6PtS2+4. The molecule has 0 amide bonds. The Morgan fingerprint density at radius 1 is 0.826 bits per heavy atom. The molecule has 132 valence electrons. The third-order valence-electron chi connectivity index (χ3n) is 3.19. The van der Waals surface area contributed by atoms with E-state index in [0.29, 0.717) is 0 Å². The molecule has 1 aromatic rings. The third kappa shape index (κ3) is 7.38. The average Bonchev–Trinajstić information content (AvgIpc) is 2.41. The molecule has 1 aliphatic rings. The topological polar surface area (TPSA) is 162 Å². The Morgan fingerprint density at radius 2 is 1.13 bits per heavy atom. The zero-order valence-corrected chi connectivity index (χ0v) is 16.0.